The highest BCUT2D eigenvalue weighted by Gasteiger charge is 2.29. The first-order chi connectivity index (χ1) is 14.0. The summed E-state index contributed by atoms with van der Waals surface area (Å²) in [4.78, 5) is 16.9. The minimum absolute atomic E-state index is 0.0771. The number of nitrogens with zero attached hydrogens (tertiary/aromatic N) is 2. The molecule has 1 aliphatic rings. The summed E-state index contributed by atoms with van der Waals surface area (Å²) in [5, 5.41) is 3.07. The quantitative estimate of drug-likeness (QED) is 0.579. The number of nitrogens with one attached hydrogen (secondary N) is 1. The average Bonchev–Trinajstić information content (AvgIpc) is 3.12. The summed E-state index contributed by atoms with van der Waals surface area (Å²) in [6.45, 7) is 2.17. The fourth-order valence-electron chi connectivity index (χ4n) is 4.38. The molecule has 5 N–H and O–H groups in total. The van der Waals surface area contributed by atoms with Crippen LogP contribution in [0.5, 0.6) is 0 Å². The summed E-state index contributed by atoms with van der Waals surface area (Å²) in [5.74, 6) is -0.0771. The number of benzene rings is 2. The van der Waals surface area contributed by atoms with E-state index in [1.54, 1.807) is 10.9 Å². The highest BCUT2D eigenvalue weighted by molar-refractivity contribution is 5.88. The van der Waals surface area contributed by atoms with Crippen molar-refractivity contribution < 1.29 is 4.79 Å². The van der Waals surface area contributed by atoms with Gasteiger partial charge < -0.3 is 21.4 Å². The third kappa shape index (κ3) is 3.98. The standard InChI is InChI=1S/C23H29N5O/c1-16(17-8-10-18(11-9-17)23(25)12-3-2-4-13-23)27-21(29)14-28-15-26-20-7-5-6-19(24)22(20)28/h5-11,15-16H,2-4,12-14,24-25H2,1H3,(H,27,29). The van der Waals surface area contributed by atoms with Crippen molar-refractivity contribution in [3.8, 4) is 0 Å². The van der Waals surface area contributed by atoms with E-state index in [1.165, 1.54) is 24.8 Å². The maximum Gasteiger partial charge on any atom is 0.240 e. The van der Waals surface area contributed by atoms with Gasteiger partial charge in [-0.25, -0.2) is 4.98 Å². The Morgan fingerprint density at radius 2 is 1.90 bits per heavy atom. The first-order valence-electron chi connectivity index (χ1n) is 10.3. The van der Waals surface area contributed by atoms with Crippen LogP contribution in [0.15, 0.2) is 48.8 Å². The van der Waals surface area contributed by atoms with Gasteiger partial charge in [-0.2, -0.15) is 0 Å². The number of nitrogens with two attached hydrogens (primary N) is 2. The molecule has 0 radical (unpaired) electrons. The number of fused-ring (bicyclic) bond motifs is 1. The molecule has 6 nitrogen and oxygen atoms in total. The van der Waals surface area contributed by atoms with Crippen LogP contribution in [0.2, 0.25) is 0 Å². The van der Waals surface area contributed by atoms with Gasteiger partial charge in [0.15, 0.2) is 0 Å². The number of para-hydroxylation sites is 1. The molecule has 0 aliphatic heterocycles. The van der Waals surface area contributed by atoms with Crippen LogP contribution in [0.1, 0.15) is 56.2 Å². The van der Waals surface area contributed by atoms with E-state index in [4.69, 9.17) is 11.5 Å². The first-order valence-corrected chi connectivity index (χ1v) is 10.3. The van der Waals surface area contributed by atoms with Crippen molar-refractivity contribution in [2.24, 2.45) is 5.73 Å². The SMILES string of the molecule is CC(NC(=O)Cn1cnc2cccc(N)c21)c1ccc(C2(N)CCCCC2)cc1. The Balaban J connectivity index is 1.42. The van der Waals surface area contributed by atoms with Crippen LogP contribution in [0, 0.1) is 0 Å². The highest BCUT2D eigenvalue weighted by Crippen LogP contribution is 2.35. The lowest BCUT2D eigenvalue weighted by molar-refractivity contribution is -0.122. The van der Waals surface area contributed by atoms with Crippen LogP contribution in [0.25, 0.3) is 11.0 Å². The second-order valence-corrected chi connectivity index (χ2v) is 8.22. The van der Waals surface area contributed by atoms with Crippen molar-refractivity contribution in [3.05, 3.63) is 59.9 Å². The maximum atomic E-state index is 12.6. The number of rotatable bonds is 5. The number of hydrogen-bond donors (Lipinski definition) is 3. The van der Waals surface area contributed by atoms with Crippen molar-refractivity contribution in [3.63, 3.8) is 0 Å². The number of anilines is 1. The first kappa shape index (κ1) is 19.5. The molecule has 1 fully saturated rings. The molecule has 0 spiro atoms. The van der Waals surface area contributed by atoms with Gasteiger partial charge in [-0.3, -0.25) is 4.79 Å². The predicted molar refractivity (Wildman–Crippen MR) is 116 cm³/mol. The van der Waals surface area contributed by atoms with Crippen molar-refractivity contribution in [1.82, 2.24) is 14.9 Å². The molecule has 0 saturated heterocycles. The number of carbonyl (C=O) groups is 1. The molecule has 4 rings (SSSR count). The topological polar surface area (TPSA) is 99.0 Å². The van der Waals surface area contributed by atoms with Gasteiger partial charge in [0.2, 0.25) is 5.91 Å². The molecule has 152 valence electrons. The van der Waals surface area contributed by atoms with E-state index in [2.05, 4.69) is 34.6 Å². The van der Waals surface area contributed by atoms with Crippen molar-refractivity contribution >= 4 is 22.6 Å². The van der Waals surface area contributed by atoms with Crippen molar-refractivity contribution in [2.45, 2.75) is 57.2 Å². The summed E-state index contributed by atoms with van der Waals surface area (Å²) in [7, 11) is 0. The Morgan fingerprint density at radius 1 is 1.17 bits per heavy atom. The van der Waals surface area contributed by atoms with Gasteiger partial charge >= 0.3 is 0 Å². The third-order valence-electron chi connectivity index (χ3n) is 6.09. The zero-order chi connectivity index (χ0) is 20.4. The lowest BCUT2D eigenvalue weighted by Gasteiger charge is -2.34. The van der Waals surface area contributed by atoms with E-state index in [0.717, 1.165) is 29.4 Å². The number of nitrogen functional groups attached to an aromatic ring is 1. The molecule has 2 aromatic carbocycles. The fraction of sp³-hybridized carbons (Fsp3) is 0.391. The Bertz CT molecular complexity index is 1000. The molecular formula is C23H29N5O. The van der Waals surface area contributed by atoms with Crippen molar-refractivity contribution in [1.29, 1.82) is 0 Å². The number of amides is 1. The molecule has 29 heavy (non-hydrogen) atoms. The van der Waals surface area contributed by atoms with Crippen molar-refractivity contribution in [2.75, 3.05) is 5.73 Å². The molecule has 1 aromatic heterocycles. The Kier molecular flexibility index (Phi) is 5.28. The van der Waals surface area contributed by atoms with Crippen LogP contribution >= 0.6 is 0 Å². The van der Waals surface area contributed by atoms with Gasteiger partial charge in [-0.1, -0.05) is 49.6 Å². The Labute approximate surface area is 171 Å². The Hall–Kier alpha value is -2.86. The van der Waals surface area contributed by atoms with E-state index in [0.29, 0.717) is 5.69 Å². The lowest BCUT2D eigenvalue weighted by atomic mass is 9.77. The van der Waals surface area contributed by atoms with Crippen LogP contribution < -0.4 is 16.8 Å². The van der Waals surface area contributed by atoms with Gasteiger partial charge in [0.05, 0.1) is 29.1 Å². The van der Waals surface area contributed by atoms with Crippen LogP contribution in [0.3, 0.4) is 0 Å². The van der Waals surface area contributed by atoms with E-state index in [9.17, 15) is 4.79 Å². The summed E-state index contributed by atoms with van der Waals surface area (Å²) < 4.78 is 1.79. The highest BCUT2D eigenvalue weighted by atomic mass is 16.2. The van der Waals surface area contributed by atoms with Gasteiger partial charge in [-0.05, 0) is 43.0 Å². The number of imidazole rings is 1. The molecule has 0 bridgehead atoms. The fourth-order valence-corrected chi connectivity index (χ4v) is 4.38. The minimum atomic E-state index is -0.203. The zero-order valence-corrected chi connectivity index (χ0v) is 16.9. The number of aromatic nitrogens is 2. The number of hydrogen-bond acceptors (Lipinski definition) is 4. The number of carbonyl (C=O) groups excluding carboxylic acids is 1. The van der Waals surface area contributed by atoms with E-state index >= 15 is 0 Å². The van der Waals surface area contributed by atoms with Gasteiger partial charge in [0.1, 0.15) is 6.54 Å². The minimum Gasteiger partial charge on any atom is -0.397 e. The van der Waals surface area contributed by atoms with Gasteiger partial charge in [0, 0.05) is 5.54 Å². The second-order valence-electron chi connectivity index (χ2n) is 8.22. The average molecular weight is 392 g/mol. The summed E-state index contributed by atoms with van der Waals surface area (Å²) in [5.41, 5.74) is 16.9. The molecule has 1 atom stereocenters. The molecule has 1 aliphatic carbocycles. The molecule has 1 unspecified atom stereocenters. The summed E-state index contributed by atoms with van der Waals surface area (Å²) in [6.07, 6.45) is 7.40. The molecule has 1 heterocycles. The summed E-state index contributed by atoms with van der Waals surface area (Å²) in [6, 6.07) is 13.9. The van der Waals surface area contributed by atoms with E-state index < -0.39 is 0 Å². The monoisotopic (exact) mass is 391 g/mol. The molecule has 1 saturated carbocycles. The second kappa shape index (κ2) is 7.87. The summed E-state index contributed by atoms with van der Waals surface area (Å²) >= 11 is 0. The smallest absolute Gasteiger partial charge is 0.240 e. The largest absolute Gasteiger partial charge is 0.397 e. The van der Waals surface area contributed by atoms with E-state index in [1.807, 2.05) is 25.1 Å². The molecular weight excluding hydrogens is 362 g/mol. The predicted octanol–water partition coefficient (Wildman–Crippen LogP) is 3.61. The Morgan fingerprint density at radius 3 is 2.62 bits per heavy atom. The van der Waals surface area contributed by atoms with Gasteiger partial charge in [-0.15, -0.1) is 0 Å². The van der Waals surface area contributed by atoms with Crippen LogP contribution in [-0.4, -0.2) is 15.5 Å². The normalized spacial score (nSPS) is 17.2. The van der Waals surface area contributed by atoms with Crippen LogP contribution in [0.4, 0.5) is 5.69 Å². The van der Waals surface area contributed by atoms with Gasteiger partial charge in [0.25, 0.3) is 0 Å². The van der Waals surface area contributed by atoms with E-state index in [-0.39, 0.29) is 24.0 Å². The zero-order valence-electron chi connectivity index (χ0n) is 16.9. The van der Waals surface area contributed by atoms with Crippen LogP contribution in [-0.2, 0) is 16.9 Å². The maximum absolute atomic E-state index is 12.6. The molecule has 6 heteroatoms. The third-order valence-corrected chi connectivity index (χ3v) is 6.09. The lowest BCUT2D eigenvalue weighted by Crippen LogP contribution is -2.38. The molecule has 1 amide bonds. The molecule has 3 aromatic rings.